The molecule has 3 aliphatic carbocycles. The van der Waals surface area contributed by atoms with Crippen LogP contribution in [-0.2, 0) is 4.79 Å². The van der Waals surface area contributed by atoms with Gasteiger partial charge in [0, 0.05) is 5.92 Å². The van der Waals surface area contributed by atoms with Crippen LogP contribution in [0.5, 0.6) is 0 Å². The summed E-state index contributed by atoms with van der Waals surface area (Å²) in [5.41, 5.74) is 3.31. The lowest BCUT2D eigenvalue weighted by Gasteiger charge is -2.41. The van der Waals surface area contributed by atoms with Crippen molar-refractivity contribution in [3.63, 3.8) is 0 Å². The Labute approximate surface area is 149 Å². The first kappa shape index (κ1) is 18.6. The van der Waals surface area contributed by atoms with Gasteiger partial charge in [-0.15, -0.1) is 0 Å². The lowest BCUT2D eigenvalue weighted by atomic mass is 9.63. The molecule has 1 fully saturated rings. The largest absolute Gasteiger partial charge is 0.393 e. The van der Waals surface area contributed by atoms with E-state index in [9.17, 15) is 20.1 Å². The van der Waals surface area contributed by atoms with Crippen LogP contribution < -0.4 is 0 Å². The van der Waals surface area contributed by atoms with Crippen LogP contribution in [0.2, 0.25) is 0 Å². The summed E-state index contributed by atoms with van der Waals surface area (Å²) < 4.78 is 0. The van der Waals surface area contributed by atoms with Gasteiger partial charge in [0.15, 0.2) is 5.78 Å². The van der Waals surface area contributed by atoms with Crippen molar-refractivity contribution >= 4 is 5.78 Å². The van der Waals surface area contributed by atoms with Crippen molar-refractivity contribution < 1.29 is 20.1 Å². The van der Waals surface area contributed by atoms with Gasteiger partial charge >= 0.3 is 0 Å². The molecule has 138 valence electrons. The molecule has 4 heteroatoms. The Balaban J connectivity index is 1.85. The van der Waals surface area contributed by atoms with Gasteiger partial charge in [-0.2, -0.15) is 0 Å². The van der Waals surface area contributed by atoms with Gasteiger partial charge in [0.05, 0.1) is 12.2 Å². The van der Waals surface area contributed by atoms with Gasteiger partial charge in [-0.05, 0) is 67.9 Å². The molecule has 1 saturated carbocycles. The van der Waals surface area contributed by atoms with Gasteiger partial charge in [-0.3, -0.25) is 4.79 Å². The van der Waals surface area contributed by atoms with Crippen molar-refractivity contribution in [1.82, 2.24) is 0 Å². The maximum Gasteiger partial charge on any atom is 0.161 e. The molecule has 0 unspecified atom stereocenters. The minimum atomic E-state index is -0.556. The van der Waals surface area contributed by atoms with Gasteiger partial charge in [-0.1, -0.05) is 30.7 Å². The van der Waals surface area contributed by atoms with E-state index in [0.717, 1.165) is 31.3 Å². The minimum Gasteiger partial charge on any atom is -0.393 e. The standard InChI is InChI=1S/C21H30O4/c1-13-3-6-16(23)9-14(13)4-5-15-10-17(24)11-21(2)18(15)7-8-19(21)20(25)12-22/h4-5,10,16-19,22-24H,3,6-9,11-12H2,1-2H3/t16-,17+,18-,19+,21-/m0/s1. The Bertz CT molecular complexity index is 630. The highest BCUT2D eigenvalue weighted by Crippen LogP contribution is 2.56. The Morgan fingerprint density at radius 3 is 2.76 bits per heavy atom. The topological polar surface area (TPSA) is 77.8 Å². The van der Waals surface area contributed by atoms with Crippen molar-refractivity contribution in [2.24, 2.45) is 17.3 Å². The quantitative estimate of drug-likeness (QED) is 0.731. The second-order valence-electron chi connectivity index (χ2n) is 8.29. The maximum atomic E-state index is 12.2. The van der Waals surface area contributed by atoms with Crippen molar-refractivity contribution in [3.8, 4) is 0 Å². The normalized spacial score (nSPS) is 38.8. The highest BCUT2D eigenvalue weighted by atomic mass is 16.3. The van der Waals surface area contributed by atoms with Gasteiger partial charge in [0.25, 0.3) is 0 Å². The van der Waals surface area contributed by atoms with Crippen LogP contribution in [0.15, 0.2) is 34.9 Å². The number of ketones is 1. The van der Waals surface area contributed by atoms with Crippen molar-refractivity contribution in [2.45, 2.75) is 64.6 Å². The van der Waals surface area contributed by atoms with E-state index in [2.05, 4.69) is 26.0 Å². The van der Waals surface area contributed by atoms with Crippen LogP contribution in [0.1, 0.15) is 52.4 Å². The molecule has 0 amide bonds. The van der Waals surface area contributed by atoms with E-state index in [4.69, 9.17) is 0 Å². The number of aliphatic hydroxyl groups excluding tert-OH is 3. The molecule has 0 saturated heterocycles. The average molecular weight is 346 g/mol. The number of aliphatic hydroxyl groups is 3. The number of Topliss-reactive ketones (excluding diaryl/α,β-unsaturated/α-hetero) is 1. The highest BCUT2D eigenvalue weighted by Gasteiger charge is 2.52. The molecule has 3 N–H and O–H groups in total. The molecule has 25 heavy (non-hydrogen) atoms. The van der Waals surface area contributed by atoms with Gasteiger partial charge in [0.2, 0.25) is 0 Å². The molecule has 0 heterocycles. The van der Waals surface area contributed by atoms with Gasteiger partial charge in [-0.25, -0.2) is 0 Å². The monoisotopic (exact) mass is 346 g/mol. The second kappa shape index (κ2) is 7.18. The molecule has 4 nitrogen and oxygen atoms in total. The van der Waals surface area contributed by atoms with Crippen molar-refractivity contribution in [2.75, 3.05) is 6.61 Å². The molecule has 5 atom stereocenters. The lowest BCUT2D eigenvalue weighted by Crippen LogP contribution is -2.40. The molecule has 0 aliphatic heterocycles. The highest BCUT2D eigenvalue weighted by molar-refractivity contribution is 5.83. The van der Waals surface area contributed by atoms with E-state index in [1.165, 1.54) is 11.1 Å². The van der Waals surface area contributed by atoms with E-state index in [1.54, 1.807) is 0 Å². The van der Waals surface area contributed by atoms with E-state index in [0.29, 0.717) is 12.8 Å². The van der Waals surface area contributed by atoms with Crippen molar-refractivity contribution in [1.29, 1.82) is 0 Å². The number of allylic oxidation sites excluding steroid dienone is 4. The Morgan fingerprint density at radius 2 is 2.04 bits per heavy atom. The summed E-state index contributed by atoms with van der Waals surface area (Å²) in [4.78, 5) is 12.2. The molecule has 0 aromatic rings. The SMILES string of the molecule is CC1=C(C=CC2=C[C@@H](O)C[C@]3(C)[C@@H](C(=O)CO)CC[C@@H]23)C[C@@H](O)CC1. The predicted molar refractivity (Wildman–Crippen MR) is 96.8 cm³/mol. The van der Waals surface area contributed by atoms with Crippen LogP contribution in [0, 0.1) is 17.3 Å². The molecule has 0 spiro atoms. The number of carbonyl (C=O) groups excluding carboxylic acids is 1. The van der Waals surface area contributed by atoms with Crippen LogP contribution in [0.3, 0.4) is 0 Å². The van der Waals surface area contributed by atoms with Crippen LogP contribution in [0.4, 0.5) is 0 Å². The number of carbonyl (C=O) groups is 1. The third-order valence-electron chi connectivity index (χ3n) is 6.65. The third-order valence-corrected chi connectivity index (χ3v) is 6.65. The van der Waals surface area contributed by atoms with Crippen LogP contribution in [0.25, 0.3) is 0 Å². The molecule has 3 aliphatic rings. The smallest absolute Gasteiger partial charge is 0.161 e. The average Bonchev–Trinajstić information content (AvgIpc) is 2.91. The first-order chi connectivity index (χ1) is 11.8. The summed E-state index contributed by atoms with van der Waals surface area (Å²) in [6, 6.07) is 0. The van der Waals surface area contributed by atoms with Gasteiger partial charge < -0.3 is 15.3 Å². The summed E-state index contributed by atoms with van der Waals surface area (Å²) in [5.74, 6) is -0.0369. The maximum absolute atomic E-state index is 12.2. The molecule has 3 rings (SSSR count). The predicted octanol–water partition coefficient (Wildman–Crippen LogP) is 2.69. The number of rotatable bonds is 4. The van der Waals surface area contributed by atoms with E-state index in [1.807, 2.05) is 6.08 Å². The molecular formula is C21H30O4. The minimum absolute atomic E-state index is 0.101. The number of hydrogen-bond acceptors (Lipinski definition) is 4. The van der Waals surface area contributed by atoms with Crippen molar-refractivity contribution in [3.05, 3.63) is 34.9 Å². The molecule has 0 radical (unpaired) electrons. The zero-order valence-electron chi connectivity index (χ0n) is 15.2. The Kier molecular flexibility index (Phi) is 5.33. The molecular weight excluding hydrogens is 316 g/mol. The van der Waals surface area contributed by atoms with E-state index >= 15 is 0 Å². The first-order valence-electron chi connectivity index (χ1n) is 9.43. The third kappa shape index (κ3) is 3.53. The lowest BCUT2D eigenvalue weighted by molar-refractivity contribution is -0.129. The summed E-state index contributed by atoms with van der Waals surface area (Å²) in [7, 11) is 0. The first-order valence-corrected chi connectivity index (χ1v) is 9.43. The van der Waals surface area contributed by atoms with Crippen LogP contribution in [-0.4, -0.2) is 39.9 Å². The molecule has 0 aromatic heterocycles. The van der Waals surface area contributed by atoms with E-state index < -0.39 is 12.7 Å². The zero-order valence-corrected chi connectivity index (χ0v) is 15.2. The fraction of sp³-hybridized carbons (Fsp3) is 0.667. The summed E-state index contributed by atoms with van der Waals surface area (Å²) in [5, 5.41) is 29.6. The van der Waals surface area contributed by atoms with Gasteiger partial charge in [0.1, 0.15) is 6.61 Å². The summed E-state index contributed by atoms with van der Waals surface area (Å²) in [6.45, 7) is 3.79. The van der Waals surface area contributed by atoms with Crippen LogP contribution >= 0.6 is 0 Å². The molecule has 0 aromatic carbocycles. The summed E-state index contributed by atoms with van der Waals surface area (Å²) in [6.07, 6.45) is 9.97. The molecule has 0 bridgehead atoms. The second-order valence-corrected chi connectivity index (χ2v) is 8.29. The fourth-order valence-corrected chi connectivity index (χ4v) is 5.21. The number of fused-ring (bicyclic) bond motifs is 1. The van der Waals surface area contributed by atoms with E-state index in [-0.39, 0.29) is 29.1 Å². The summed E-state index contributed by atoms with van der Waals surface area (Å²) >= 11 is 0. The number of hydrogen-bond donors (Lipinski definition) is 3. The Morgan fingerprint density at radius 1 is 1.28 bits per heavy atom. The Hall–Kier alpha value is -1.23. The fourth-order valence-electron chi connectivity index (χ4n) is 5.21. The zero-order chi connectivity index (χ0) is 18.2.